The molecule has 0 unspecified atom stereocenters. The van der Waals surface area contributed by atoms with E-state index in [9.17, 15) is 0 Å². The molecule has 1 aromatic carbocycles. The Bertz CT molecular complexity index is 606. The molecule has 4 nitrogen and oxygen atoms in total. The minimum atomic E-state index is 0.853. The summed E-state index contributed by atoms with van der Waals surface area (Å²) in [6.45, 7) is 8.07. The summed E-state index contributed by atoms with van der Waals surface area (Å²) < 4.78 is 0. The van der Waals surface area contributed by atoms with E-state index < -0.39 is 0 Å². The molecular formula is C16H20N4S. The van der Waals surface area contributed by atoms with E-state index in [4.69, 9.17) is 4.98 Å². The van der Waals surface area contributed by atoms with E-state index in [1.165, 1.54) is 10.5 Å². The van der Waals surface area contributed by atoms with Gasteiger partial charge in [-0.3, -0.25) is 0 Å². The molecule has 0 bridgehead atoms. The quantitative estimate of drug-likeness (QED) is 0.883. The van der Waals surface area contributed by atoms with Crippen LogP contribution in [0.25, 0.3) is 0 Å². The number of benzene rings is 1. The van der Waals surface area contributed by atoms with Crippen molar-refractivity contribution >= 4 is 17.7 Å². The highest BCUT2D eigenvalue weighted by Gasteiger charge is 2.14. The van der Waals surface area contributed by atoms with Gasteiger partial charge in [0.05, 0.1) is 0 Å². The van der Waals surface area contributed by atoms with Crippen molar-refractivity contribution < 1.29 is 0 Å². The summed E-state index contributed by atoms with van der Waals surface area (Å²) in [7, 11) is 0. The zero-order chi connectivity index (χ0) is 14.7. The van der Waals surface area contributed by atoms with E-state index >= 15 is 0 Å². The molecule has 2 aromatic rings. The number of aryl methyl sites for hydroxylation is 2. The van der Waals surface area contributed by atoms with Crippen LogP contribution in [0, 0.1) is 13.8 Å². The van der Waals surface area contributed by atoms with E-state index in [-0.39, 0.29) is 0 Å². The molecular weight excluding hydrogens is 280 g/mol. The Balaban J connectivity index is 1.81. The first kappa shape index (κ1) is 14.4. The Morgan fingerprint density at radius 2 is 1.76 bits per heavy atom. The van der Waals surface area contributed by atoms with Gasteiger partial charge in [0.1, 0.15) is 5.03 Å². The molecule has 110 valence electrons. The number of nitrogens with one attached hydrogen (secondary N) is 1. The third-order valence-electron chi connectivity index (χ3n) is 3.46. The molecule has 21 heavy (non-hydrogen) atoms. The topological polar surface area (TPSA) is 41.1 Å². The smallest absolute Gasteiger partial charge is 0.226 e. The zero-order valence-corrected chi connectivity index (χ0v) is 13.3. The average molecular weight is 300 g/mol. The molecule has 1 saturated heterocycles. The summed E-state index contributed by atoms with van der Waals surface area (Å²) in [4.78, 5) is 12.8. The molecule has 1 aromatic heterocycles. The van der Waals surface area contributed by atoms with Crippen molar-refractivity contribution in [2.45, 2.75) is 23.8 Å². The SMILES string of the molecule is Cc1ccc(Sc2cc(C)nc(N3CCNCC3)n2)cc1. The number of nitrogens with zero attached hydrogens (tertiary/aromatic N) is 3. The number of hydrogen-bond donors (Lipinski definition) is 1. The normalized spacial score (nSPS) is 15.2. The highest BCUT2D eigenvalue weighted by Crippen LogP contribution is 2.28. The number of anilines is 1. The van der Waals surface area contributed by atoms with Gasteiger partial charge in [0.25, 0.3) is 0 Å². The van der Waals surface area contributed by atoms with Crippen molar-refractivity contribution in [2.75, 3.05) is 31.1 Å². The molecule has 3 rings (SSSR count). The molecule has 0 saturated carbocycles. The lowest BCUT2D eigenvalue weighted by Gasteiger charge is -2.27. The van der Waals surface area contributed by atoms with Gasteiger partial charge in [-0.2, -0.15) is 0 Å². The van der Waals surface area contributed by atoms with Crippen LogP contribution < -0.4 is 10.2 Å². The van der Waals surface area contributed by atoms with E-state index in [2.05, 4.69) is 52.5 Å². The largest absolute Gasteiger partial charge is 0.338 e. The van der Waals surface area contributed by atoms with Gasteiger partial charge >= 0.3 is 0 Å². The summed E-state index contributed by atoms with van der Waals surface area (Å²) >= 11 is 1.70. The van der Waals surface area contributed by atoms with Crippen molar-refractivity contribution in [3.05, 3.63) is 41.6 Å². The molecule has 5 heteroatoms. The zero-order valence-electron chi connectivity index (χ0n) is 12.5. The molecule has 1 N–H and O–H groups in total. The van der Waals surface area contributed by atoms with Crippen LogP contribution in [0.4, 0.5) is 5.95 Å². The van der Waals surface area contributed by atoms with Crippen molar-refractivity contribution in [3.8, 4) is 0 Å². The molecule has 1 fully saturated rings. The summed E-state index contributed by atoms with van der Waals surface area (Å²) in [5.41, 5.74) is 2.30. The van der Waals surface area contributed by atoms with E-state index in [0.29, 0.717) is 0 Å². The summed E-state index contributed by atoms with van der Waals surface area (Å²) in [6, 6.07) is 10.6. The Morgan fingerprint density at radius 3 is 2.48 bits per heavy atom. The van der Waals surface area contributed by atoms with Crippen LogP contribution in [-0.4, -0.2) is 36.1 Å². The lowest BCUT2D eigenvalue weighted by atomic mass is 10.2. The van der Waals surface area contributed by atoms with E-state index in [0.717, 1.165) is 42.8 Å². The standard InChI is InChI=1S/C16H20N4S/c1-12-3-5-14(6-4-12)21-15-11-13(2)18-16(19-15)20-9-7-17-8-10-20/h3-6,11,17H,7-10H2,1-2H3. The summed E-state index contributed by atoms with van der Waals surface area (Å²) in [6.07, 6.45) is 0. The molecule has 1 aliphatic heterocycles. The van der Waals surface area contributed by atoms with Crippen LogP contribution in [0.5, 0.6) is 0 Å². The fourth-order valence-electron chi connectivity index (χ4n) is 2.31. The second kappa shape index (κ2) is 6.45. The van der Waals surface area contributed by atoms with Gasteiger partial charge in [-0.25, -0.2) is 9.97 Å². The number of rotatable bonds is 3. The van der Waals surface area contributed by atoms with Gasteiger partial charge in [-0.1, -0.05) is 29.5 Å². The van der Waals surface area contributed by atoms with Gasteiger partial charge in [0, 0.05) is 36.8 Å². The maximum absolute atomic E-state index is 4.72. The van der Waals surface area contributed by atoms with Gasteiger partial charge in [0.15, 0.2) is 0 Å². The summed E-state index contributed by atoms with van der Waals surface area (Å²) in [5.74, 6) is 0.853. The molecule has 0 atom stereocenters. The van der Waals surface area contributed by atoms with Crippen LogP contribution in [0.1, 0.15) is 11.3 Å². The average Bonchev–Trinajstić information content (AvgIpc) is 2.50. The summed E-state index contributed by atoms with van der Waals surface area (Å²) in [5, 5.41) is 4.37. The lowest BCUT2D eigenvalue weighted by Crippen LogP contribution is -2.44. The third kappa shape index (κ3) is 3.74. The fourth-order valence-corrected chi connectivity index (χ4v) is 3.18. The second-order valence-corrected chi connectivity index (χ2v) is 6.39. The number of piperazine rings is 1. The van der Waals surface area contributed by atoms with Crippen molar-refractivity contribution in [1.82, 2.24) is 15.3 Å². The van der Waals surface area contributed by atoms with Crippen molar-refractivity contribution in [1.29, 1.82) is 0 Å². The highest BCUT2D eigenvalue weighted by atomic mass is 32.2. The van der Waals surface area contributed by atoms with Crippen LogP contribution in [0.3, 0.4) is 0 Å². The molecule has 0 radical (unpaired) electrons. The lowest BCUT2D eigenvalue weighted by molar-refractivity contribution is 0.577. The first-order valence-electron chi connectivity index (χ1n) is 7.26. The predicted octanol–water partition coefficient (Wildman–Crippen LogP) is 2.65. The Hall–Kier alpha value is -1.59. The maximum atomic E-state index is 4.72. The first-order chi connectivity index (χ1) is 10.2. The van der Waals surface area contributed by atoms with Gasteiger partial charge in [-0.05, 0) is 32.0 Å². The second-order valence-electron chi connectivity index (χ2n) is 5.30. The van der Waals surface area contributed by atoms with Gasteiger partial charge < -0.3 is 10.2 Å². The minimum absolute atomic E-state index is 0.853. The van der Waals surface area contributed by atoms with E-state index in [1.807, 2.05) is 6.92 Å². The molecule has 2 heterocycles. The number of aromatic nitrogens is 2. The van der Waals surface area contributed by atoms with Crippen LogP contribution in [-0.2, 0) is 0 Å². The molecule has 0 aliphatic carbocycles. The van der Waals surface area contributed by atoms with Crippen molar-refractivity contribution in [3.63, 3.8) is 0 Å². The van der Waals surface area contributed by atoms with Crippen LogP contribution >= 0.6 is 11.8 Å². The monoisotopic (exact) mass is 300 g/mol. The number of hydrogen-bond acceptors (Lipinski definition) is 5. The van der Waals surface area contributed by atoms with Crippen LogP contribution in [0.2, 0.25) is 0 Å². The van der Waals surface area contributed by atoms with E-state index in [1.54, 1.807) is 11.8 Å². The molecule has 0 spiro atoms. The maximum Gasteiger partial charge on any atom is 0.226 e. The Morgan fingerprint density at radius 1 is 1.05 bits per heavy atom. The molecule has 0 amide bonds. The van der Waals surface area contributed by atoms with Gasteiger partial charge in [0.2, 0.25) is 5.95 Å². The fraction of sp³-hybridized carbons (Fsp3) is 0.375. The Kier molecular flexibility index (Phi) is 4.41. The minimum Gasteiger partial charge on any atom is -0.338 e. The third-order valence-corrected chi connectivity index (χ3v) is 4.39. The van der Waals surface area contributed by atoms with Crippen LogP contribution in [0.15, 0.2) is 40.3 Å². The Labute approximate surface area is 130 Å². The van der Waals surface area contributed by atoms with Gasteiger partial charge in [-0.15, -0.1) is 0 Å². The molecule has 1 aliphatic rings. The first-order valence-corrected chi connectivity index (χ1v) is 8.08. The predicted molar refractivity (Wildman–Crippen MR) is 87.2 cm³/mol. The highest BCUT2D eigenvalue weighted by molar-refractivity contribution is 7.99. The van der Waals surface area contributed by atoms with Crippen molar-refractivity contribution in [2.24, 2.45) is 0 Å².